The Labute approximate surface area is 78.3 Å². The van der Waals surface area contributed by atoms with Crippen molar-refractivity contribution in [2.45, 2.75) is 25.3 Å². The van der Waals surface area contributed by atoms with Gasteiger partial charge in [-0.05, 0) is 25.8 Å². The van der Waals surface area contributed by atoms with E-state index in [2.05, 4.69) is 5.32 Å². The number of rotatable bonds is 4. The molecule has 0 aliphatic carbocycles. The first-order valence-electron chi connectivity index (χ1n) is 4.71. The van der Waals surface area contributed by atoms with Gasteiger partial charge in [0.2, 0.25) is 0 Å². The molecule has 2 N–H and O–H groups in total. The van der Waals surface area contributed by atoms with E-state index >= 15 is 0 Å². The third kappa shape index (κ3) is 3.32. The van der Waals surface area contributed by atoms with Crippen LogP contribution in [0.3, 0.4) is 0 Å². The fourth-order valence-corrected chi connectivity index (χ4v) is 1.78. The van der Waals surface area contributed by atoms with Gasteiger partial charge in [0.15, 0.2) is 0 Å². The van der Waals surface area contributed by atoms with Crippen molar-refractivity contribution in [2.75, 3.05) is 20.3 Å². The maximum Gasteiger partial charge on any atom is 0.304 e. The predicted molar refractivity (Wildman–Crippen MR) is 48.6 cm³/mol. The van der Waals surface area contributed by atoms with Gasteiger partial charge in [-0.1, -0.05) is 0 Å². The van der Waals surface area contributed by atoms with E-state index in [0.29, 0.717) is 12.5 Å². The Balaban J connectivity index is 2.39. The van der Waals surface area contributed by atoms with E-state index < -0.39 is 5.97 Å². The summed E-state index contributed by atoms with van der Waals surface area (Å²) in [6.45, 7) is 1.51. The summed E-state index contributed by atoms with van der Waals surface area (Å²) in [6, 6.07) is 0.0535. The number of carboxylic acids is 1. The molecule has 2 unspecified atom stereocenters. The summed E-state index contributed by atoms with van der Waals surface area (Å²) in [6.07, 6.45) is 2.30. The molecule has 0 amide bonds. The second kappa shape index (κ2) is 5.19. The van der Waals surface area contributed by atoms with Crippen molar-refractivity contribution < 1.29 is 14.6 Å². The van der Waals surface area contributed by atoms with E-state index in [1.165, 1.54) is 0 Å². The fraction of sp³-hybridized carbons (Fsp3) is 0.889. The highest BCUT2D eigenvalue weighted by molar-refractivity contribution is 5.67. The molecule has 0 aromatic rings. The van der Waals surface area contributed by atoms with Crippen LogP contribution in [0.15, 0.2) is 0 Å². The molecular formula is C9H17NO3. The van der Waals surface area contributed by atoms with Crippen LogP contribution in [0.2, 0.25) is 0 Å². The standard InChI is InChI=1S/C9H17NO3/c1-10-8(5-9(11)12)7-3-2-4-13-6-7/h7-8,10H,2-6H2,1H3,(H,11,12). The summed E-state index contributed by atoms with van der Waals surface area (Å²) < 4.78 is 5.31. The maximum atomic E-state index is 10.5. The lowest BCUT2D eigenvalue weighted by Gasteiger charge is -2.28. The van der Waals surface area contributed by atoms with E-state index in [1.54, 1.807) is 0 Å². The Kier molecular flexibility index (Phi) is 4.18. The molecule has 4 heteroatoms. The van der Waals surface area contributed by atoms with Gasteiger partial charge in [0.25, 0.3) is 0 Å². The Morgan fingerprint density at radius 3 is 3.00 bits per heavy atom. The van der Waals surface area contributed by atoms with Gasteiger partial charge in [0.1, 0.15) is 0 Å². The van der Waals surface area contributed by atoms with Crippen molar-refractivity contribution in [2.24, 2.45) is 5.92 Å². The normalized spacial score (nSPS) is 25.5. The summed E-state index contributed by atoms with van der Waals surface area (Å²) in [5, 5.41) is 11.7. The van der Waals surface area contributed by atoms with Crippen LogP contribution in [-0.2, 0) is 9.53 Å². The van der Waals surface area contributed by atoms with Gasteiger partial charge >= 0.3 is 5.97 Å². The minimum Gasteiger partial charge on any atom is -0.481 e. The molecule has 1 aliphatic rings. The molecule has 13 heavy (non-hydrogen) atoms. The zero-order chi connectivity index (χ0) is 9.68. The fourth-order valence-electron chi connectivity index (χ4n) is 1.78. The van der Waals surface area contributed by atoms with Crippen LogP contribution in [0.5, 0.6) is 0 Å². The van der Waals surface area contributed by atoms with E-state index in [0.717, 1.165) is 19.4 Å². The van der Waals surface area contributed by atoms with Crippen LogP contribution in [-0.4, -0.2) is 37.4 Å². The maximum absolute atomic E-state index is 10.5. The zero-order valence-corrected chi connectivity index (χ0v) is 7.95. The Morgan fingerprint density at radius 2 is 2.54 bits per heavy atom. The second-order valence-electron chi connectivity index (χ2n) is 3.47. The number of nitrogens with one attached hydrogen (secondary N) is 1. The van der Waals surface area contributed by atoms with Gasteiger partial charge in [0.05, 0.1) is 13.0 Å². The van der Waals surface area contributed by atoms with Gasteiger partial charge in [-0.2, -0.15) is 0 Å². The largest absolute Gasteiger partial charge is 0.481 e. The van der Waals surface area contributed by atoms with Gasteiger partial charge in [-0.25, -0.2) is 0 Å². The highest BCUT2D eigenvalue weighted by Gasteiger charge is 2.24. The minimum absolute atomic E-state index is 0.0535. The van der Waals surface area contributed by atoms with E-state index in [4.69, 9.17) is 9.84 Å². The molecule has 4 nitrogen and oxygen atoms in total. The molecule has 0 aromatic carbocycles. The number of carbonyl (C=O) groups is 1. The number of ether oxygens (including phenoxy) is 1. The molecule has 0 radical (unpaired) electrons. The van der Waals surface area contributed by atoms with Gasteiger partial charge < -0.3 is 15.2 Å². The van der Waals surface area contributed by atoms with E-state index in [9.17, 15) is 4.79 Å². The topological polar surface area (TPSA) is 58.6 Å². The summed E-state index contributed by atoms with van der Waals surface area (Å²) in [5.41, 5.74) is 0. The lowest BCUT2D eigenvalue weighted by atomic mass is 9.92. The van der Waals surface area contributed by atoms with Gasteiger partial charge in [-0.15, -0.1) is 0 Å². The number of carboxylic acid groups (broad SMARTS) is 1. The lowest BCUT2D eigenvalue weighted by Crippen LogP contribution is -2.39. The smallest absolute Gasteiger partial charge is 0.304 e. The molecule has 0 spiro atoms. The monoisotopic (exact) mass is 187 g/mol. The highest BCUT2D eigenvalue weighted by atomic mass is 16.5. The van der Waals surface area contributed by atoms with Crippen LogP contribution in [0.25, 0.3) is 0 Å². The Morgan fingerprint density at radius 1 is 1.77 bits per heavy atom. The SMILES string of the molecule is CNC(CC(=O)O)C1CCCOC1. The number of aliphatic carboxylic acids is 1. The molecule has 1 rings (SSSR count). The van der Waals surface area contributed by atoms with Crippen molar-refractivity contribution in [3.8, 4) is 0 Å². The number of hydrogen-bond donors (Lipinski definition) is 2. The van der Waals surface area contributed by atoms with Crippen molar-refractivity contribution >= 4 is 5.97 Å². The van der Waals surface area contributed by atoms with Gasteiger partial charge in [0, 0.05) is 12.6 Å². The molecule has 1 aliphatic heterocycles. The van der Waals surface area contributed by atoms with Crippen LogP contribution >= 0.6 is 0 Å². The summed E-state index contributed by atoms with van der Waals surface area (Å²) in [5.74, 6) is -0.389. The van der Waals surface area contributed by atoms with Crippen molar-refractivity contribution in [1.82, 2.24) is 5.32 Å². The zero-order valence-electron chi connectivity index (χ0n) is 7.95. The summed E-state index contributed by atoms with van der Waals surface area (Å²) >= 11 is 0. The van der Waals surface area contributed by atoms with Crippen LogP contribution in [0.1, 0.15) is 19.3 Å². The molecule has 0 bridgehead atoms. The first-order chi connectivity index (χ1) is 6.24. The molecule has 76 valence electrons. The average Bonchev–Trinajstić information content (AvgIpc) is 2.15. The lowest BCUT2D eigenvalue weighted by molar-refractivity contribution is -0.138. The van der Waals surface area contributed by atoms with E-state index in [-0.39, 0.29) is 12.5 Å². The van der Waals surface area contributed by atoms with Gasteiger partial charge in [-0.3, -0.25) is 4.79 Å². The van der Waals surface area contributed by atoms with Crippen molar-refractivity contribution in [3.63, 3.8) is 0 Å². The Bertz CT molecular complexity index is 166. The summed E-state index contributed by atoms with van der Waals surface area (Å²) in [4.78, 5) is 10.5. The summed E-state index contributed by atoms with van der Waals surface area (Å²) in [7, 11) is 1.81. The second-order valence-corrected chi connectivity index (χ2v) is 3.47. The quantitative estimate of drug-likeness (QED) is 0.672. The van der Waals surface area contributed by atoms with Crippen LogP contribution in [0.4, 0.5) is 0 Å². The highest BCUT2D eigenvalue weighted by Crippen LogP contribution is 2.19. The molecule has 2 atom stereocenters. The first-order valence-corrected chi connectivity index (χ1v) is 4.71. The van der Waals surface area contributed by atoms with Crippen LogP contribution < -0.4 is 5.32 Å². The average molecular weight is 187 g/mol. The Hall–Kier alpha value is -0.610. The van der Waals surface area contributed by atoms with E-state index in [1.807, 2.05) is 7.05 Å². The molecule has 0 saturated carbocycles. The third-order valence-corrected chi connectivity index (χ3v) is 2.53. The van der Waals surface area contributed by atoms with Crippen molar-refractivity contribution in [1.29, 1.82) is 0 Å². The van der Waals surface area contributed by atoms with Crippen molar-refractivity contribution in [3.05, 3.63) is 0 Å². The third-order valence-electron chi connectivity index (χ3n) is 2.53. The molecule has 1 fully saturated rings. The van der Waals surface area contributed by atoms with Crippen LogP contribution in [0, 0.1) is 5.92 Å². The first kappa shape index (κ1) is 10.5. The molecule has 1 heterocycles. The molecule has 0 aromatic heterocycles. The predicted octanol–water partition coefficient (Wildman–Crippen LogP) is 0.476. The number of hydrogen-bond acceptors (Lipinski definition) is 3. The molecule has 1 saturated heterocycles. The minimum atomic E-state index is -0.745. The molecular weight excluding hydrogens is 170 g/mol.